The Balaban J connectivity index is 1.51. The lowest BCUT2D eigenvalue weighted by Crippen LogP contribution is -2.31. The molecule has 2 aliphatic rings. The Kier molecular flexibility index (Phi) is 3.44. The first kappa shape index (κ1) is 13.5. The zero-order chi connectivity index (χ0) is 14.9. The molecule has 1 aromatic heterocycles. The molecular formula is C15H17N3O4. The van der Waals surface area contributed by atoms with Crippen LogP contribution < -0.4 is 9.47 Å². The lowest BCUT2D eigenvalue weighted by Gasteiger charge is -2.20. The zero-order valence-corrected chi connectivity index (χ0v) is 12.1. The highest BCUT2D eigenvalue weighted by atomic mass is 16.7. The number of aliphatic hydroxyl groups is 1. The Morgan fingerprint density at radius 2 is 2.18 bits per heavy atom. The summed E-state index contributed by atoms with van der Waals surface area (Å²) < 4.78 is 16.0. The fourth-order valence-electron chi connectivity index (χ4n) is 2.96. The molecule has 7 heteroatoms. The average molecular weight is 303 g/mol. The standard InChI is InChI=1S/C15H17N3O4/c19-8-11-2-1-5-18(11)7-14-16-15(17-22-14)10-3-4-12-13(6-10)21-9-20-12/h3-4,6,11,19H,1-2,5,7-9H2/t11-/m0/s1. The second-order valence-electron chi connectivity index (χ2n) is 5.53. The van der Waals surface area contributed by atoms with Gasteiger partial charge in [-0.1, -0.05) is 5.16 Å². The summed E-state index contributed by atoms with van der Waals surface area (Å²) in [5, 5.41) is 13.4. The lowest BCUT2D eigenvalue weighted by atomic mass is 10.2. The molecule has 0 spiro atoms. The summed E-state index contributed by atoms with van der Waals surface area (Å²) in [5.41, 5.74) is 0.833. The molecule has 116 valence electrons. The molecule has 0 bridgehead atoms. The van der Waals surface area contributed by atoms with Gasteiger partial charge < -0.3 is 19.1 Å². The van der Waals surface area contributed by atoms with E-state index in [1.54, 1.807) is 0 Å². The Morgan fingerprint density at radius 1 is 1.27 bits per heavy atom. The number of aromatic nitrogens is 2. The molecule has 7 nitrogen and oxygen atoms in total. The highest BCUT2D eigenvalue weighted by Gasteiger charge is 2.25. The van der Waals surface area contributed by atoms with E-state index in [0.29, 0.717) is 24.0 Å². The minimum atomic E-state index is 0.170. The van der Waals surface area contributed by atoms with E-state index in [2.05, 4.69) is 15.0 Å². The van der Waals surface area contributed by atoms with Crippen molar-refractivity contribution in [3.05, 3.63) is 24.1 Å². The van der Waals surface area contributed by atoms with Gasteiger partial charge in [0, 0.05) is 11.6 Å². The van der Waals surface area contributed by atoms with Crippen LogP contribution in [-0.2, 0) is 6.54 Å². The van der Waals surface area contributed by atoms with Crippen LogP contribution in [0.2, 0.25) is 0 Å². The number of nitrogens with zero attached hydrogens (tertiary/aromatic N) is 3. The number of hydrogen-bond acceptors (Lipinski definition) is 7. The second kappa shape index (κ2) is 5.58. The summed E-state index contributed by atoms with van der Waals surface area (Å²) in [5.74, 6) is 2.53. The Bertz CT molecular complexity index is 673. The highest BCUT2D eigenvalue weighted by molar-refractivity contribution is 5.61. The first-order valence-electron chi connectivity index (χ1n) is 7.41. The predicted octanol–water partition coefficient (Wildman–Crippen LogP) is 1.42. The van der Waals surface area contributed by atoms with Crippen molar-refractivity contribution in [2.45, 2.75) is 25.4 Å². The van der Waals surface area contributed by atoms with E-state index >= 15 is 0 Å². The van der Waals surface area contributed by atoms with Gasteiger partial charge in [0.2, 0.25) is 18.5 Å². The topological polar surface area (TPSA) is 80.9 Å². The van der Waals surface area contributed by atoms with Gasteiger partial charge in [-0.15, -0.1) is 0 Å². The van der Waals surface area contributed by atoms with Gasteiger partial charge in [0.15, 0.2) is 11.5 Å². The minimum Gasteiger partial charge on any atom is -0.454 e. The van der Waals surface area contributed by atoms with Gasteiger partial charge in [0.1, 0.15) is 0 Å². The summed E-state index contributed by atoms with van der Waals surface area (Å²) in [4.78, 5) is 6.62. The zero-order valence-electron chi connectivity index (χ0n) is 12.1. The van der Waals surface area contributed by atoms with Gasteiger partial charge in [-0.3, -0.25) is 4.90 Å². The molecule has 1 N–H and O–H groups in total. The lowest BCUT2D eigenvalue weighted by molar-refractivity contribution is 0.141. The summed E-state index contributed by atoms with van der Waals surface area (Å²) in [7, 11) is 0. The fourth-order valence-corrected chi connectivity index (χ4v) is 2.96. The number of rotatable bonds is 4. The average Bonchev–Trinajstić information content (AvgIpc) is 3.27. The highest BCUT2D eigenvalue weighted by Crippen LogP contribution is 2.35. The van der Waals surface area contributed by atoms with E-state index in [4.69, 9.17) is 14.0 Å². The molecule has 1 atom stereocenters. The molecule has 1 aromatic carbocycles. The molecule has 22 heavy (non-hydrogen) atoms. The summed E-state index contributed by atoms with van der Waals surface area (Å²) in [6.07, 6.45) is 2.11. The predicted molar refractivity (Wildman–Crippen MR) is 76.4 cm³/mol. The number of likely N-dealkylation sites (tertiary alicyclic amines) is 1. The van der Waals surface area contributed by atoms with Crippen LogP contribution in [-0.4, -0.2) is 46.1 Å². The van der Waals surface area contributed by atoms with Gasteiger partial charge in [-0.25, -0.2) is 0 Å². The number of ether oxygens (including phenoxy) is 2. The van der Waals surface area contributed by atoms with Gasteiger partial charge >= 0.3 is 0 Å². The van der Waals surface area contributed by atoms with Crippen molar-refractivity contribution in [3.63, 3.8) is 0 Å². The maximum absolute atomic E-state index is 9.35. The summed E-state index contributed by atoms with van der Waals surface area (Å²) in [6, 6.07) is 5.77. The minimum absolute atomic E-state index is 0.170. The second-order valence-corrected chi connectivity index (χ2v) is 5.53. The molecule has 0 unspecified atom stereocenters. The summed E-state index contributed by atoms with van der Waals surface area (Å²) in [6.45, 7) is 1.94. The Morgan fingerprint density at radius 3 is 3.09 bits per heavy atom. The molecule has 2 aliphatic heterocycles. The van der Waals surface area contributed by atoms with E-state index in [-0.39, 0.29) is 19.4 Å². The Hall–Kier alpha value is -2.12. The molecule has 0 amide bonds. The Labute approximate surface area is 127 Å². The number of hydrogen-bond donors (Lipinski definition) is 1. The van der Waals surface area contributed by atoms with Crippen LogP contribution in [0.25, 0.3) is 11.4 Å². The van der Waals surface area contributed by atoms with E-state index in [1.165, 1.54) is 0 Å². The molecule has 2 aromatic rings. The largest absolute Gasteiger partial charge is 0.454 e. The van der Waals surface area contributed by atoms with Crippen molar-refractivity contribution in [1.29, 1.82) is 0 Å². The summed E-state index contributed by atoms with van der Waals surface area (Å²) >= 11 is 0. The van der Waals surface area contributed by atoms with Crippen molar-refractivity contribution in [2.75, 3.05) is 19.9 Å². The molecule has 1 fully saturated rings. The molecule has 0 aliphatic carbocycles. The van der Waals surface area contributed by atoms with E-state index in [1.807, 2.05) is 18.2 Å². The van der Waals surface area contributed by atoms with E-state index < -0.39 is 0 Å². The van der Waals surface area contributed by atoms with Crippen LogP contribution in [0.4, 0.5) is 0 Å². The molecule has 1 saturated heterocycles. The van der Waals surface area contributed by atoms with Gasteiger partial charge in [0.25, 0.3) is 0 Å². The first-order valence-corrected chi connectivity index (χ1v) is 7.41. The molecule has 0 radical (unpaired) electrons. The first-order chi connectivity index (χ1) is 10.8. The number of fused-ring (bicyclic) bond motifs is 1. The van der Waals surface area contributed by atoms with Crippen molar-refractivity contribution in [1.82, 2.24) is 15.0 Å². The normalized spacial score (nSPS) is 20.7. The van der Waals surface area contributed by atoms with Gasteiger partial charge in [-0.2, -0.15) is 4.98 Å². The van der Waals surface area contributed by atoms with Crippen LogP contribution in [0.1, 0.15) is 18.7 Å². The molecule has 0 saturated carbocycles. The molecular weight excluding hydrogens is 286 g/mol. The maximum atomic E-state index is 9.35. The third-order valence-electron chi connectivity index (χ3n) is 4.15. The molecule has 3 heterocycles. The maximum Gasteiger partial charge on any atom is 0.241 e. The number of benzene rings is 1. The van der Waals surface area contributed by atoms with Crippen LogP contribution >= 0.6 is 0 Å². The van der Waals surface area contributed by atoms with Gasteiger partial charge in [-0.05, 0) is 37.6 Å². The van der Waals surface area contributed by atoms with Crippen LogP contribution in [0.5, 0.6) is 11.5 Å². The third-order valence-corrected chi connectivity index (χ3v) is 4.15. The van der Waals surface area contributed by atoms with Crippen molar-refractivity contribution in [3.8, 4) is 22.9 Å². The van der Waals surface area contributed by atoms with Crippen molar-refractivity contribution in [2.24, 2.45) is 0 Å². The van der Waals surface area contributed by atoms with Crippen molar-refractivity contribution < 1.29 is 19.1 Å². The monoisotopic (exact) mass is 303 g/mol. The van der Waals surface area contributed by atoms with Crippen LogP contribution in [0.3, 0.4) is 0 Å². The smallest absolute Gasteiger partial charge is 0.241 e. The van der Waals surface area contributed by atoms with Crippen LogP contribution in [0, 0.1) is 0 Å². The van der Waals surface area contributed by atoms with E-state index in [9.17, 15) is 5.11 Å². The fraction of sp³-hybridized carbons (Fsp3) is 0.467. The quantitative estimate of drug-likeness (QED) is 0.914. The van der Waals surface area contributed by atoms with Crippen molar-refractivity contribution >= 4 is 0 Å². The SMILES string of the molecule is OC[C@@H]1CCCN1Cc1nc(-c2ccc3c(c2)OCO3)no1. The third kappa shape index (κ3) is 2.42. The molecule has 4 rings (SSSR count). The van der Waals surface area contributed by atoms with Gasteiger partial charge in [0.05, 0.1) is 13.2 Å². The van der Waals surface area contributed by atoms with E-state index in [0.717, 1.165) is 30.7 Å². The van der Waals surface area contributed by atoms with Crippen LogP contribution in [0.15, 0.2) is 22.7 Å². The number of aliphatic hydroxyl groups excluding tert-OH is 1.